The van der Waals surface area contributed by atoms with Crippen molar-refractivity contribution in [1.29, 1.82) is 0 Å². The molecule has 0 fully saturated rings. The molecule has 2 N–H and O–H groups in total. The van der Waals surface area contributed by atoms with E-state index in [-0.39, 0.29) is 11.5 Å². The van der Waals surface area contributed by atoms with Crippen LogP contribution in [0.1, 0.15) is 42.6 Å². The maximum atomic E-state index is 12.0. The number of hydrogen-bond acceptors (Lipinski definition) is 4. The van der Waals surface area contributed by atoms with Gasteiger partial charge in [0.2, 0.25) is 11.4 Å². The number of hydrazine groups is 1. The number of carboxylic acids is 1. The third-order valence-corrected chi connectivity index (χ3v) is 4.32. The molecule has 0 spiro atoms. The second-order valence-electron chi connectivity index (χ2n) is 6.20. The molecular formula is C21H23N2O5+. The lowest BCUT2D eigenvalue weighted by Gasteiger charge is -2.16. The molecule has 1 aliphatic heterocycles. The molecule has 28 heavy (non-hydrogen) atoms. The van der Waals surface area contributed by atoms with E-state index in [9.17, 15) is 14.7 Å². The molecule has 0 aliphatic carbocycles. The van der Waals surface area contributed by atoms with E-state index in [1.165, 1.54) is 12.1 Å². The second kappa shape index (κ2) is 8.56. The van der Waals surface area contributed by atoms with Gasteiger partial charge in [-0.05, 0) is 38.1 Å². The molecule has 1 heterocycles. The number of carbonyl (C=O) groups is 2. The van der Waals surface area contributed by atoms with E-state index in [0.29, 0.717) is 43.2 Å². The third kappa shape index (κ3) is 4.14. The molecule has 7 nitrogen and oxygen atoms in total. The number of carbonyl (C=O) groups excluding carboxylic acids is 1. The van der Waals surface area contributed by atoms with Crippen LogP contribution in [-0.2, 0) is 4.79 Å². The van der Waals surface area contributed by atoms with Gasteiger partial charge in [-0.3, -0.25) is 4.79 Å². The number of aromatic carboxylic acids is 1. The highest BCUT2D eigenvalue weighted by atomic mass is 16.5. The van der Waals surface area contributed by atoms with Crippen LogP contribution in [0, 0.1) is 0 Å². The van der Waals surface area contributed by atoms with Crippen LogP contribution in [0.15, 0.2) is 42.5 Å². The van der Waals surface area contributed by atoms with Crippen molar-refractivity contribution in [3.05, 3.63) is 53.6 Å². The van der Waals surface area contributed by atoms with Crippen molar-refractivity contribution < 1.29 is 28.9 Å². The highest BCUT2D eigenvalue weighted by Gasteiger charge is 2.29. The first-order valence-electron chi connectivity index (χ1n) is 9.22. The van der Waals surface area contributed by atoms with Gasteiger partial charge in [-0.2, -0.15) is 0 Å². The molecule has 2 aromatic rings. The summed E-state index contributed by atoms with van der Waals surface area (Å²) in [5, 5.41) is 9.28. The average molecular weight is 383 g/mol. The number of nitrogens with zero attached hydrogens (tertiary/aromatic N) is 1. The topological polar surface area (TPSA) is 87.9 Å². The summed E-state index contributed by atoms with van der Waals surface area (Å²) in [6, 6.07) is 12.1. The number of carboxylic acid groups (broad SMARTS) is 1. The highest BCUT2D eigenvalue weighted by Crippen LogP contribution is 2.30. The molecule has 0 saturated carbocycles. The maximum absolute atomic E-state index is 12.0. The highest BCUT2D eigenvalue weighted by molar-refractivity contribution is 6.01. The van der Waals surface area contributed by atoms with E-state index in [2.05, 4.69) is 5.43 Å². The number of ether oxygens (including phenoxy) is 2. The summed E-state index contributed by atoms with van der Waals surface area (Å²) in [6.07, 6.45) is 0.865. The van der Waals surface area contributed by atoms with Crippen LogP contribution in [0.3, 0.4) is 0 Å². The fourth-order valence-electron chi connectivity index (χ4n) is 3.09. The van der Waals surface area contributed by atoms with E-state index in [4.69, 9.17) is 9.47 Å². The number of benzene rings is 2. The van der Waals surface area contributed by atoms with E-state index in [1.54, 1.807) is 16.8 Å². The molecule has 0 bridgehead atoms. The minimum atomic E-state index is -1.02. The van der Waals surface area contributed by atoms with Gasteiger partial charge >= 0.3 is 5.97 Å². The Morgan fingerprint density at radius 3 is 2.54 bits per heavy atom. The summed E-state index contributed by atoms with van der Waals surface area (Å²) >= 11 is 0. The Hall–Kier alpha value is -3.35. The quantitative estimate of drug-likeness (QED) is 0.717. The van der Waals surface area contributed by atoms with Crippen molar-refractivity contribution in [2.45, 2.75) is 26.7 Å². The van der Waals surface area contributed by atoms with Crippen LogP contribution in [0.25, 0.3) is 0 Å². The lowest BCUT2D eigenvalue weighted by atomic mass is 10.0. The molecule has 0 saturated heterocycles. The Balaban J connectivity index is 2.11. The summed E-state index contributed by atoms with van der Waals surface area (Å²) in [4.78, 5) is 23.3. The third-order valence-electron chi connectivity index (χ3n) is 4.32. The first-order chi connectivity index (χ1) is 13.5. The number of hydrazone groups is 1. The smallest absolute Gasteiger partial charge is 0.335 e. The predicted octanol–water partition coefficient (Wildman–Crippen LogP) is 3.14. The van der Waals surface area contributed by atoms with Crippen LogP contribution < -0.4 is 14.9 Å². The van der Waals surface area contributed by atoms with Crippen LogP contribution in [-0.4, -0.2) is 40.6 Å². The summed E-state index contributed by atoms with van der Waals surface area (Å²) in [7, 11) is 0. The Morgan fingerprint density at radius 2 is 1.82 bits per heavy atom. The van der Waals surface area contributed by atoms with Crippen molar-refractivity contribution >= 4 is 23.3 Å². The molecular weight excluding hydrogens is 360 g/mol. The summed E-state index contributed by atoms with van der Waals surface area (Å²) in [5.41, 5.74) is 5.28. The number of hydrogen-bond donors (Lipinski definition) is 2. The zero-order valence-electron chi connectivity index (χ0n) is 15.9. The molecule has 0 atom stereocenters. The van der Waals surface area contributed by atoms with Gasteiger partial charge in [0.15, 0.2) is 11.5 Å². The SMILES string of the molecule is CCOc1ccc(C2=[N+](c3cccc(C(=O)O)c3)NC(=O)CC2)cc1OCC. The minimum absolute atomic E-state index is 0.125. The van der Waals surface area contributed by atoms with Gasteiger partial charge in [-0.15, -0.1) is 5.43 Å². The summed E-state index contributed by atoms with van der Waals surface area (Å²) in [5.74, 6) is 0.144. The lowest BCUT2D eigenvalue weighted by Crippen LogP contribution is -2.40. The fourth-order valence-corrected chi connectivity index (χ4v) is 3.09. The zero-order chi connectivity index (χ0) is 20.1. The number of rotatable bonds is 7. The van der Waals surface area contributed by atoms with Gasteiger partial charge in [-0.25, -0.2) is 4.79 Å². The van der Waals surface area contributed by atoms with Gasteiger partial charge in [0, 0.05) is 30.5 Å². The monoisotopic (exact) mass is 383 g/mol. The van der Waals surface area contributed by atoms with E-state index in [1.807, 2.05) is 32.0 Å². The molecule has 3 rings (SSSR count). The Labute approximate surface area is 163 Å². The van der Waals surface area contributed by atoms with Crippen LogP contribution in [0.2, 0.25) is 0 Å². The Kier molecular flexibility index (Phi) is 5.93. The zero-order valence-corrected chi connectivity index (χ0v) is 15.9. The number of amides is 1. The molecule has 7 heteroatoms. The van der Waals surface area contributed by atoms with Crippen molar-refractivity contribution in [3.8, 4) is 11.5 Å². The van der Waals surface area contributed by atoms with Gasteiger partial charge < -0.3 is 14.6 Å². The number of nitrogens with one attached hydrogen (secondary N) is 1. The Bertz CT molecular complexity index is 936. The molecule has 2 aromatic carbocycles. The van der Waals surface area contributed by atoms with Gasteiger partial charge in [0.1, 0.15) is 0 Å². The van der Waals surface area contributed by atoms with E-state index < -0.39 is 5.97 Å². The van der Waals surface area contributed by atoms with Crippen molar-refractivity contribution in [2.75, 3.05) is 13.2 Å². The molecule has 1 amide bonds. The second-order valence-corrected chi connectivity index (χ2v) is 6.20. The summed E-state index contributed by atoms with van der Waals surface area (Å²) < 4.78 is 13.0. The normalized spacial score (nSPS) is 13.9. The van der Waals surface area contributed by atoms with Crippen molar-refractivity contribution in [1.82, 2.24) is 5.43 Å². The van der Waals surface area contributed by atoms with Crippen LogP contribution in [0.4, 0.5) is 5.69 Å². The first-order valence-corrected chi connectivity index (χ1v) is 9.22. The van der Waals surface area contributed by atoms with Crippen molar-refractivity contribution in [3.63, 3.8) is 0 Å². The van der Waals surface area contributed by atoms with Gasteiger partial charge in [0.05, 0.1) is 18.8 Å². The van der Waals surface area contributed by atoms with Crippen molar-refractivity contribution in [2.24, 2.45) is 0 Å². The van der Waals surface area contributed by atoms with Gasteiger partial charge in [-0.1, -0.05) is 10.8 Å². The standard InChI is InChI=1S/C21H22N2O5/c1-3-27-18-10-8-14(13-19(18)28-4-2)17-9-11-20(24)22-23(17)16-7-5-6-15(12-16)21(25)26/h5-8,10,12-13H,3-4,9,11H2,1-2H3,(H-,22,24,25,26)/p+1. The Morgan fingerprint density at radius 1 is 1.07 bits per heavy atom. The molecule has 146 valence electrons. The van der Waals surface area contributed by atoms with E-state index >= 15 is 0 Å². The van der Waals surface area contributed by atoms with Crippen LogP contribution >= 0.6 is 0 Å². The van der Waals surface area contributed by atoms with E-state index in [0.717, 1.165) is 11.3 Å². The maximum Gasteiger partial charge on any atom is 0.335 e. The average Bonchev–Trinajstić information content (AvgIpc) is 2.70. The molecule has 1 aliphatic rings. The van der Waals surface area contributed by atoms with Gasteiger partial charge in [0.25, 0.3) is 5.91 Å². The summed E-state index contributed by atoms with van der Waals surface area (Å²) in [6.45, 7) is 4.84. The largest absolute Gasteiger partial charge is 0.490 e. The molecule has 0 unspecified atom stereocenters. The first kappa shape index (κ1) is 19.4. The minimum Gasteiger partial charge on any atom is -0.490 e. The lowest BCUT2D eigenvalue weighted by molar-refractivity contribution is -0.496. The molecule has 0 radical (unpaired) electrons. The fraction of sp³-hybridized carbons (Fsp3) is 0.286. The molecule has 0 aromatic heterocycles. The van der Waals surface area contributed by atoms with Crippen LogP contribution in [0.5, 0.6) is 11.5 Å². The predicted molar refractivity (Wildman–Crippen MR) is 104 cm³/mol.